The summed E-state index contributed by atoms with van der Waals surface area (Å²) in [5.74, 6) is -0.812. The molecule has 2 saturated heterocycles. The maximum absolute atomic E-state index is 12.2. The predicted octanol–water partition coefficient (Wildman–Crippen LogP) is -0.119. The van der Waals surface area contributed by atoms with Crippen LogP contribution >= 0.6 is 0 Å². The Morgan fingerprint density at radius 2 is 1.86 bits per heavy atom. The van der Waals surface area contributed by atoms with E-state index in [1.165, 1.54) is 0 Å². The monoisotopic (exact) mass is 298 g/mol. The molecular formula is C14H26N4O3. The van der Waals surface area contributed by atoms with Gasteiger partial charge in [-0.15, -0.1) is 0 Å². The van der Waals surface area contributed by atoms with Crippen LogP contribution in [0.5, 0.6) is 0 Å². The van der Waals surface area contributed by atoms with Gasteiger partial charge in [0.1, 0.15) is 0 Å². The second-order valence-electron chi connectivity index (χ2n) is 6.16. The molecule has 7 heteroatoms. The summed E-state index contributed by atoms with van der Waals surface area (Å²) < 4.78 is 0. The molecule has 2 atom stereocenters. The van der Waals surface area contributed by atoms with Crippen molar-refractivity contribution in [1.29, 1.82) is 0 Å². The van der Waals surface area contributed by atoms with Gasteiger partial charge in [-0.05, 0) is 26.8 Å². The number of piperazine rings is 1. The third kappa shape index (κ3) is 4.57. The van der Waals surface area contributed by atoms with Crippen LogP contribution in [-0.4, -0.2) is 90.2 Å². The van der Waals surface area contributed by atoms with Crippen LogP contribution in [0.15, 0.2) is 0 Å². The van der Waals surface area contributed by atoms with Gasteiger partial charge in [0.05, 0.1) is 6.54 Å². The molecule has 0 bridgehead atoms. The molecule has 0 saturated carbocycles. The highest BCUT2D eigenvalue weighted by atomic mass is 16.4. The molecule has 2 heterocycles. The Balaban J connectivity index is 1.73. The quantitative estimate of drug-likeness (QED) is 0.760. The Labute approximate surface area is 125 Å². The molecule has 0 radical (unpaired) electrons. The lowest BCUT2D eigenvalue weighted by Crippen LogP contribution is -2.55. The number of piperidine rings is 1. The van der Waals surface area contributed by atoms with Gasteiger partial charge in [-0.25, -0.2) is 4.79 Å². The van der Waals surface area contributed by atoms with Gasteiger partial charge in [0.2, 0.25) is 0 Å². The molecule has 7 nitrogen and oxygen atoms in total. The third-order valence-corrected chi connectivity index (χ3v) is 4.55. The highest BCUT2D eigenvalue weighted by molar-refractivity contribution is 5.74. The number of nitrogens with zero attached hydrogens (tertiary/aromatic N) is 3. The lowest BCUT2D eigenvalue weighted by atomic mass is 9.99. The molecule has 21 heavy (non-hydrogen) atoms. The van der Waals surface area contributed by atoms with E-state index < -0.39 is 5.97 Å². The first-order valence-corrected chi connectivity index (χ1v) is 7.65. The summed E-state index contributed by atoms with van der Waals surface area (Å²) >= 11 is 0. The number of carbonyl (C=O) groups excluding carboxylic acids is 1. The van der Waals surface area contributed by atoms with E-state index in [9.17, 15) is 9.59 Å². The van der Waals surface area contributed by atoms with Crippen molar-refractivity contribution in [1.82, 2.24) is 20.0 Å². The molecule has 0 spiro atoms. The number of rotatable bonds is 3. The normalized spacial score (nSPS) is 28.4. The van der Waals surface area contributed by atoms with Crippen LogP contribution in [0, 0.1) is 0 Å². The smallest absolute Gasteiger partial charge is 0.317 e. The summed E-state index contributed by atoms with van der Waals surface area (Å²) in [6.45, 7) is 5.71. The van der Waals surface area contributed by atoms with Gasteiger partial charge in [-0.3, -0.25) is 9.69 Å². The third-order valence-electron chi connectivity index (χ3n) is 4.55. The minimum absolute atomic E-state index is 0.00766. The molecule has 0 aromatic carbocycles. The van der Waals surface area contributed by atoms with Crippen LogP contribution in [0.4, 0.5) is 4.79 Å². The zero-order valence-corrected chi connectivity index (χ0v) is 12.9. The number of hydrogen-bond acceptors (Lipinski definition) is 4. The molecule has 2 unspecified atom stereocenters. The molecule has 2 N–H and O–H groups in total. The molecule has 2 rings (SSSR count). The largest absolute Gasteiger partial charge is 0.480 e. The fourth-order valence-corrected chi connectivity index (χ4v) is 2.99. The van der Waals surface area contributed by atoms with Crippen molar-refractivity contribution in [2.75, 3.05) is 46.3 Å². The average Bonchev–Trinajstić information content (AvgIpc) is 2.43. The summed E-state index contributed by atoms with van der Waals surface area (Å²) in [6.07, 6.45) is 1.98. The van der Waals surface area contributed by atoms with Gasteiger partial charge >= 0.3 is 12.0 Å². The minimum Gasteiger partial charge on any atom is -0.480 e. The van der Waals surface area contributed by atoms with Crippen LogP contribution in [0.3, 0.4) is 0 Å². The van der Waals surface area contributed by atoms with Crippen molar-refractivity contribution < 1.29 is 14.7 Å². The standard InChI is InChI=1S/C14H26N4O3/c1-11-9-12(3-4-16(11)2)15-14(21)18-7-5-17(6-8-18)10-13(19)20/h11-12H,3-10H2,1-2H3,(H,15,21)(H,19,20). The Morgan fingerprint density at radius 3 is 2.43 bits per heavy atom. The number of urea groups is 1. The average molecular weight is 298 g/mol. The number of carboxylic acids is 1. The molecule has 0 aliphatic carbocycles. The first-order valence-electron chi connectivity index (χ1n) is 7.65. The molecule has 2 fully saturated rings. The van der Waals surface area contributed by atoms with E-state index in [4.69, 9.17) is 5.11 Å². The van der Waals surface area contributed by atoms with E-state index in [-0.39, 0.29) is 18.6 Å². The molecule has 0 aromatic rings. The number of carbonyl (C=O) groups is 2. The molecule has 2 aliphatic heterocycles. The second kappa shape index (κ2) is 7.09. The number of hydrogen-bond donors (Lipinski definition) is 2. The molecule has 2 aliphatic rings. The Kier molecular flexibility index (Phi) is 5.41. The van der Waals surface area contributed by atoms with Crippen molar-refractivity contribution in [2.24, 2.45) is 0 Å². The number of aliphatic carboxylic acids is 1. The maximum Gasteiger partial charge on any atom is 0.317 e. The van der Waals surface area contributed by atoms with E-state index in [0.29, 0.717) is 32.2 Å². The number of carboxylic acid groups (broad SMARTS) is 1. The summed E-state index contributed by atoms with van der Waals surface area (Å²) in [5, 5.41) is 11.9. The summed E-state index contributed by atoms with van der Waals surface area (Å²) in [5.41, 5.74) is 0. The highest BCUT2D eigenvalue weighted by Crippen LogP contribution is 2.15. The van der Waals surface area contributed by atoms with Gasteiger partial charge < -0.3 is 20.2 Å². The van der Waals surface area contributed by atoms with Crippen molar-refractivity contribution in [3.63, 3.8) is 0 Å². The van der Waals surface area contributed by atoms with Crippen LogP contribution in [0.2, 0.25) is 0 Å². The SMILES string of the molecule is CC1CC(NC(=O)N2CCN(CC(=O)O)CC2)CCN1C. The van der Waals surface area contributed by atoms with E-state index in [2.05, 4.69) is 24.2 Å². The number of amides is 2. The van der Waals surface area contributed by atoms with Crippen LogP contribution in [0.25, 0.3) is 0 Å². The van der Waals surface area contributed by atoms with Gasteiger partial charge in [-0.1, -0.05) is 0 Å². The van der Waals surface area contributed by atoms with Gasteiger partial charge in [-0.2, -0.15) is 0 Å². The van der Waals surface area contributed by atoms with Crippen LogP contribution in [0.1, 0.15) is 19.8 Å². The summed E-state index contributed by atoms with van der Waals surface area (Å²) in [4.78, 5) is 28.9. The van der Waals surface area contributed by atoms with Crippen molar-refractivity contribution in [2.45, 2.75) is 31.8 Å². The van der Waals surface area contributed by atoms with E-state index in [1.807, 2.05) is 4.90 Å². The highest BCUT2D eigenvalue weighted by Gasteiger charge is 2.27. The molecule has 2 amide bonds. The zero-order chi connectivity index (χ0) is 15.4. The van der Waals surface area contributed by atoms with Gasteiger partial charge in [0.25, 0.3) is 0 Å². The lowest BCUT2D eigenvalue weighted by Gasteiger charge is -2.38. The van der Waals surface area contributed by atoms with Crippen LogP contribution in [-0.2, 0) is 4.79 Å². The predicted molar refractivity (Wildman–Crippen MR) is 79.3 cm³/mol. The Bertz CT molecular complexity index is 382. The van der Waals surface area contributed by atoms with Gasteiger partial charge in [0, 0.05) is 44.8 Å². The Morgan fingerprint density at radius 1 is 1.19 bits per heavy atom. The molecule has 120 valence electrons. The fraction of sp³-hybridized carbons (Fsp3) is 0.857. The van der Waals surface area contributed by atoms with Crippen molar-refractivity contribution >= 4 is 12.0 Å². The fourth-order valence-electron chi connectivity index (χ4n) is 2.99. The van der Waals surface area contributed by atoms with Crippen LogP contribution < -0.4 is 5.32 Å². The lowest BCUT2D eigenvalue weighted by molar-refractivity contribution is -0.138. The first kappa shape index (κ1) is 16.0. The van der Waals surface area contributed by atoms with E-state index in [0.717, 1.165) is 19.4 Å². The maximum atomic E-state index is 12.2. The summed E-state index contributed by atoms with van der Waals surface area (Å²) in [7, 11) is 2.12. The molecule has 0 aromatic heterocycles. The number of nitrogens with one attached hydrogen (secondary N) is 1. The minimum atomic E-state index is -0.812. The first-order chi connectivity index (χ1) is 9.95. The van der Waals surface area contributed by atoms with Gasteiger partial charge in [0.15, 0.2) is 0 Å². The summed E-state index contributed by atoms with van der Waals surface area (Å²) in [6, 6.07) is 0.740. The second-order valence-corrected chi connectivity index (χ2v) is 6.16. The van der Waals surface area contributed by atoms with Crippen molar-refractivity contribution in [3.05, 3.63) is 0 Å². The molecular weight excluding hydrogens is 272 g/mol. The van der Waals surface area contributed by atoms with E-state index >= 15 is 0 Å². The zero-order valence-electron chi connectivity index (χ0n) is 12.9. The Hall–Kier alpha value is -1.34. The van der Waals surface area contributed by atoms with E-state index in [1.54, 1.807) is 4.90 Å². The topological polar surface area (TPSA) is 76.1 Å². The number of likely N-dealkylation sites (tertiary alicyclic amines) is 1. The van der Waals surface area contributed by atoms with Crippen molar-refractivity contribution in [3.8, 4) is 0 Å².